The Morgan fingerprint density at radius 2 is 1.96 bits per heavy atom. The van der Waals surface area contributed by atoms with Crippen molar-refractivity contribution in [2.75, 3.05) is 19.0 Å². The van der Waals surface area contributed by atoms with Gasteiger partial charge in [-0.15, -0.1) is 0 Å². The second kappa shape index (κ2) is 8.30. The number of anilines is 1. The fourth-order valence-corrected chi connectivity index (χ4v) is 2.26. The average Bonchev–Trinajstić information content (AvgIpc) is 2.61. The number of methoxy groups -OCH3 is 1. The number of non-ortho nitro benzene ring substituents is 1. The predicted molar refractivity (Wildman–Crippen MR) is 94.7 cm³/mol. The quantitative estimate of drug-likeness (QED) is 0.469. The van der Waals surface area contributed by atoms with Gasteiger partial charge in [0.25, 0.3) is 11.6 Å². The minimum absolute atomic E-state index is 0.00807. The highest BCUT2D eigenvalue weighted by Crippen LogP contribution is 2.25. The first-order valence-corrected chi connectivity index (χ1v) is 7.75. The zero-order valence-corrected chi connectivity index (χ0v) is 14.7. The molecule has 0 radical (unpaired) electrons. The SMILES string of the molecule is COC(=O)COc1ccc(NC(=O)c2cc([N+](=O)[O-])ccc2Cl)c(C)c1. The number of hydrogen-bond donors (Lipinski definition) is 1. The van der Waals surface area contributed by atoms with Gasteiger partial charge in [-0.1, -0.05) is 11.6 Å². The summed E-state index contributed by atoms with van der Waals surface area (Å²) in [6, 6.07) is 8.42. The number of carbonyl (C=O) groups excluding carboxylic acids is 2. The molecule has 9 heteroatoms. The number of aryl methyl sites for hydroxylation is 1. The van der Waals surface area contributed by atoms with Crippen LogP contribution in [0, 0.1) is 17.0 Å². The van der Waals surface area contributed by atoms with Crippen LogP contribution in [0.15, 0.2) is 36.4 Å². The number of nitrogens with zero attached hydrogens (tertiary/aromatic N) is 1. The van der Waals surface area contributed by atoms with Crippen molar-refractivity contribution in [3.05, 3.63) is 62.7 Å². The molecule has 0 heterocycles. The molecule has 0 saturated heterocycles. The molecule has 2 aromatic carbocycles. The first-order valence-electron chi connectivity index (χ1n) is 7.37. The fraction of sp³-hybridized carbons (Fsp3) is 0.176. The molecule has 0 bridgehead atoms. The van der Waals surface area contributed by atoms with Crippen molar-refractivity contribution in [2.24, 2.45) is 0 Å². The third kappa shape index (κ3) is 4.70. The lowest BCUT2D eigenvalue weighted by Crippen LogP contribution is -2.14. The maximum Gasteiger partial charge on any atom is 0.343 e. The molecule has 0 aliphatic carbocycles. The molecule has 0 aliphatic heterocycles. The Balaban J connectivity index is 2.15. The Bertz CT molecular complexity index is 868. The maximum atomic E-state index is 12.4. The summed E-state index contributed by atoms with van der Waals surface area (Å²) in [5, 5.41) is 13.6. The number of ether oxygens (including phenoxy) is 2. The van der Waals surface area contributed by atoms with E-state index in [1.165, 1.54) is 19.2 Å². The van der Waals surface area contributed by atoms with Gasteiger partial charge in [0.15, 0.2) is 6.61 Å². The molecular formula is C17H15ClN2O6. The molecule has 26 heavy (non-hydrogen) atoms. The summed E-state index contributed by atoms with van der Waals surface area (Å²) in [5.41, 5.74) is 0.902. The van der Waals surface area contributed by atoms with Gasteiger partial charge in [-0.05, 0) is 36.8 Å². The van der Waals surface area contributed by atoms with Gasteiger partial charge in [-0.25, -0.2) is 4.79 Å². The second-order valence-corrected chi connectivity index (χ2v) is 5.62. The molecule has 0 spiro atoms. The van der Waals surface area contributed by atoms with Crippen LogP contribution in [-0.4, -0.2) is 30.5 Å². The van der Waals surface area contributed by atoms with Crippen LogP contribution in [0.5, 0.6) is 5.75 Å². The lowest BCUT2D eigenvalue weighted by molar-refractivity contribution is -0.384. The summed E-state index contributed by atoms with van der Waals surface area (Å²) >= 11 is 5.96. The Hall–Kier alpha value is -3.13. The minimum Gasteiger partial charge on any atom is -0.482 e. The molecule has 0 atom stereocenters. The highest BCUT2D eigenvalue weighted by molar-refractivity contribution is 6.34. The van der Waals surface area contributed by atoms with Gasteiger partial charge in [0.05, 0.1) is 22.6 Å². The maximum absolute atomic E-state index is 12.4. The number of hydrogen-bond acceptors (Lipinski definition) is 6. The minimum atomic E-state index is -0.605. The van der Waals surface area contributed by atoms with Crippen molar-refractivity contribution >= 4 is 34.9 Å². The highest BCUT2D eigenvalue weighted by atomic mass is 35.5. The zero-order chi connectivity index (χ0) is 19.3. The van der Waals surface area contributed by atoms with Gasteiger partial charge in [0.2, 0.25) is 0 Å². The molecule has 0 saturated carbocycles. The second-order valence-electron chi connectivity index (χ2n) is 5.22. The predicted octanol–water partition coefficient (Wildman–Crippen LogP) is 3.36. The Labute approximate surface area is 153 Å². The Morgan fingerprint density at radius 3 is 2.58 bits per heavy atom. The standard InChI is InChI=1S/C17H15ClN2O6/c1-10-7-12(26-9-16(21)25-2)4-6-15(10)19-17(22)13-8-11(20(23)24)3-5-14(13)18/h3-8H,9H2,1-2H3,(H,19,22). The number of rotatable bonds is 6. The summed E-state index contributed by atoms with van der Waals surface area (Å²) in [7, 11) is 1.26. The number of carbonyl (C=O) groups is 2. The van der Waals surface area contributed by atoms with Crippen LogP contribution >= 0.6 is 11.6 Å². The van der Waals surface area contributed by atoms with Crippen LogP contribution in [0.3, 0.4) is 0 Å². The molecule has 0 fully saturated rings. The Kier molecular flexibility index (Phi) is 6.13. The molecule has 1 N–H and O–H groups in total. The van der Waals surface area contributed by atoms with E-state index in [2.05, 4.69) is 10.1 Å². The molecule has 0 unspecified atom stereocenters. The van der Waals surface area contributed by atoms with Gasteiger partial charge in [0.1, 0.15) is 5.75 Å². The highest BCUT2D eigenvalue weighted by Gasteiger charge is 2.17. The third-order valence-electron chi connectivity index (χ3n) is 3.44. The smallest absolute Gasteiger partial charge is 0.343 e. The van der Waals surface area contributed by atoms with E-state index in [4.69, 9.17) is 16.3 Å². The van der Waals surface area contributed by atoms with Crippen LogP contribution < -0.4 is 10.1 Å². The summed E-state index contributed by atoms with van der Waals surface area (Å²) < 4.78 is 9.75. The van der Waals surface area contributed by atoms with Gasteiger partial charge in [-0.2, -0.15) is 0 Å². The van der Waals surface area contributed by atoms with Crippen molar-refractivity contribution in [3.8, 4) is 5.75 Å². The van der Waals surface area contributed by atoms with Gasteiger partial charge in [-0.3, -0.25) is 14.9 Å². The van der Waals surface area contributed by atoms with E-state index >= 15 is 0 Å². The monoisotopic (exact) mass is 378 g/mol. The van der Waals surface area contributed by atoms with Crippen LogP contribution in [-0.2, 0) is 9.53 Å². The number of halogens is 1. The van der Waals surface area contributed by atoms with E-state index in [0.29, 0.717) is 17.0 Å². The Morgan fingerprint density at radius 1 is 1.23 bits per heavy atom. The van der Waals surface area contributed by atoms with Gasteiger partial charge < -0.3 is 14.8 Å². The molecule has 136 valence electrons. The van der Waals surface area contributed by atoms with Crippen molar-refractivity contribution in [2.45, 2.75) is 6.92 Å². The first-order chi connectivity index (χ1) is 12.3. The molecule has 0 aromatic heterocycles. The van der Waals surface area contributed by atoms with Crippen molar-refractivity contribution in [3.63, 3.8) is 0 Å². The van der Waals surface area contributed by atoms with Crippen LogP contribution in [0.4, 0.5) is 11.4 Å². The normalized spacial score (nSPS) is 10.1. The van der Waals surface area contributed by atoms with E-state index in [0.717, 1.165) is 6.07 Å². The summed E-state index contributed by atoms with van der Waals surface area (Å²) in [5.74, 6) is -0.662. The molecule has 1 amide bonds. The number of nitrogens with one attached hydrogen (secondary N) is 1. The topological polar surface area (TPSA) is 108 Å². The van der Waals surface area contributed by atoms with Crippen molar-refractivity contribution in [1.29, 1.82) is 0 Å². The number of nitro benzene ring substituents is 1. The lowest BCUT2D eigenvalue weighted by atomic mass is 10.1. The summed E-state index contributed by atoms with van der Waals surface area (Å²) in [6.45, 7) is 1.50. The van der Waals surface area contributed by atoms with Gasteiger partial charge in [0, 0.05) is 17.8 Å². The third-order valence-corrected chi connectivity index (χ3v) is 3.77. The number of amides is 1. The number of nitro groups is 1. The average molecular weight is 379 g/mol. The first kappa shape index (κ1) is 19.2. The molecule has 0 aliphatic rings. The van der Waals surface area contributed by atoms with E-state index in [-0.39, 0.29) is 22.9 Å². The van der Waals surface area contributed by atoms with E-state index < -0.39 is 16.8 Å². The van der Waals surface area contributed by atoms with Crippen molar-refractivity contribution < 1.29 is 24.0 Å². The largest absolute Gasteiger partial charge is 0.482 e. The van der Waals surface area contributed by atoms with Gasteiger partial charge >= 0.3 is 5.97 Å². The number of esters is 1. The van der Waals surface area contributed by atoms with Crippen LogP contribution in [0.25, 0.3) is 0 Å². The number of benzene rings is 2. The molecule has 8 nitrogen and oxygen atoms in total. The molecule has 2 rings (SSSR count). The molecule has 2 aromatic rings. The lowest BCUT2D eigenvalue weighted by Gasteiger charge is -2.11. The molecular weight excluding hydrogens is 364 g/mol. The summed E-state index contributed by atoms with van der Waals surface area (Å²) in [4.78, 5) is 33.7. The van der Waals surface area contributed by atoms with Crippen LogP contribution in [0.2, 0.25) is 5.02 Å². The van der Waals surface area contributed by atoms with E-state index in [9.17, 15) is 19.7 Å². The fourth-order valence-electron chi connectivity index (χ4n) is 2.06. The summed E-state index contributed by atoms with van der Waals surface area (Å²) in [6.07, 6.45) is 0. The van der Waals surface area contributed by atoms with Crippen LogP contribution in [0.1, 0.15) is 15.9 Å². The van der Waals surface area contributed by atoms with Crippen molar-refractivity contribution in [1.82, 2.24) is 0 Å². The van der Waals surface area contributed by atoms with E-state index in [1.807, 2.05) is 0 Å². The zero-order valence-electron chi connectivity index (χ0n) is 13.9. The van der Waals surface area contributed by atoms with E-state index in [1.54, 1.807) is 25.1 Å².